The maximum Gasteiger partial charge on any atom is 0.417 e. The molecule has 0 aliphatic rings. The van der Waals surface area contributed by atoms with Crippen LogP contribution >= 0.6 is 0 Å². The van der Waals surface area contributed by atoms with Crippen molar-refractivity contribution in [3.63, 3.8) is 0 Å². The minimum absolute atomic E-state index is 0.0374. The molecule has 0 spiro atoms. The summed E-state index contributed by atoms with van der Waals surface area (Å²) in [5.41, 5.74) is -1.11. The predicted molar refractivity (Wildman–Crippen MR) is 68.2 cm³/mol. The minimum Gasteiger partial charge on any atom is -0.309 e. The Hall–Kier alpha value is -1.36. The SMILES string of the molecule is CC(C)(C)NC/C=C/c1ccc(F)cc1C(F)(F)F. The van der Waals surface area contributed by atoms with E-state index in [9.17, 15) is 17.6 Å². The zero-order chi connectivity index (χ0) is 14.7. The summed E-state index contributed by atoms with van der Waals surface area (Å²) >= 11 is 0. The number of benzene rings is 1. The van der Waals surface area contributed by atoms with Crippen LogP contribution in [0.2, 0.25) is 0 Å². The molecular weight excluding hydrogens is 258 g/mol. The first-order chi connectivity index (χ1) is 8.59. The van der Waals surface area contributed by atoms with E-state index < -0.39 is 17.6 Å². The van der Waals surface area contributed by atoms with Crippen LogP contribution in [0, 0.1) is 5.82 Å². The summed E-state index contributed by atoms with van der Waals surface area (Å²) in [7, 11) is 0. The zero-order valence-electron chi connectivity index (χ0n) is 11.1. The standard InChI is InChI=1S/C14H17F4N/c1-13(2,3)19-8-4-5-10-6-7-11(15)9-12(10)14(16,17)18/h4-7,9,19H,8H2,1-3H3/b5-4+. The van der Waals surface area contributed by atoms with E-state index in [1.807, 2.05) is 20.8 Å². The van der Waals surface area contributed by atoms with Gasteiger partial charge >= 0.3 is 6.18 Å². The average molecular weight is 275 g/mol. The van der Waals surface area contributed by atoms with Crippen molar-refractivity contribution in [2.45, 2.75) is 32.5 Å². The summed E-state index contributed by atoms with van der Waals surface area (Å²) in [6.07, 6.45) is -1.62. The van der Waals surface area contributed by atoms with Crippen molar-refractivity contribution < 1.29 is 17.6 Å². The Balaban J connectivity index is 2.87. The number of hydrogen-bond acceptors (Lipinski definition) is 1. The van der Waals surface area contributed by atoms with Crippen molar-refractivity contribution in [3.8, 4) is 0 Å². The van der Waals surface area contributed by atoms with E-state index in [0.717, 1.165) is 12.1 Å². The average Bonchev–Trinajstić information content (AvgIpc) is 2.23. The number of alkyl halides is 3. The Kier molecular flexibility index (Phi) is 4.74. The fraction of sp³-hybridized carbons (Fsp3) is 0.429. The molecule has 0 amide bonds. The molecule has 1 nitrogen and oxygen atoms in total. The maximum atomic E-state index is 12.9. The maximum absolute atomic E-state index is 12.9. The number of hydrogen-bond donors (Lipinski definition) is 1. The lowest BCUT2D eigenvalue weighted by Crippen LogP contribution is -2.35. The third kappa shape index (κ3) is 5.42. The van der Waals surface area contributed by atoms with Crippen molar-refractivity contribution in [2.24, 2.45) is 0 Å². The van der Waals surface area contributed by atoms with E-state index in [4.69, 9.17) is 0 Å². The molecule has 1 aromatic rings. The molecule has 0 fully saturated rings. The molecule has 0 saturated heterocycles. The highest BCUT2D eigenvalue weighted by Crippen LogP contribution is 2.33. The second-order valence-electron chi connectivity index (χ2n) is 5.26. The predicted octanol–water partition coefficient (Wildman–Crippen LogP) is 4.25. The van der Waals surface area contributed by atoms with Crippen LogP contribution in [0.1, 0.15) is 31.9 Å². The number of rotatable bonds is 3. The molecule has 0 atom stereocenters. The zero-order valence-corrected chi connectivity index (χ0v) is 11.1. The molecule has 0 aliphatic heterocycles. The van der Waals surface area contributed by atoms with Gasteiger partial charge in [0.15, 0.2) is 0 Å². The Labute approximate surface area is 110 Å². The molecule has 5 heteroatoms. The van der Waals surface area contributed by atoms with Crippen LogP contribution in [0.15, 0.2) is 24.3 Å². The molecule has 19 heavy (non-hydrogen) atoms. The van der Waals surface area contributed by atoms with Gasteiger partial charge in [-0.1, -0.05) is 18.2 Å². The van der Waals surface area contributed by atoms with Gasteiger partial charge in [0.25, 0.3) is 0 Å². The Morgan fingerprint density at radius 1 is 1.16 bits per heavy atom. The van der Waals surface area contributed by atoms with Crippen LogP contribution in [0.25, 0.3) is 6.08 Å². The van der Waals surface area contributed by atoms with Crippen LogP contribution in [0.4, 0.5) is 17.6 Å². The van der Waals surface area contributed by atoms with Gasteiger partial charge < -0.3 is 5.32 Å². The van der Waals surface area contributed by atoms with Crippen LogP contribution in [0.5, 0.6) is 0 Å². The highest BCUT2D eigenvalue weighted by Gasteiger charge is 2.33. The Morgan fingerprint density at radius 3 is 2.32 bits per heavy atom. The summed E-state index contributed by atoms with van der Waals surface area (Å²) < 4.78 is 51.0. The van der Waals surface area contributed by atoms with Gasteiger partial charge in [0, 0.05) is 12.1 Å². The molecule has 0 bridgehead atoms. The lowest BCUT2D eigenvalue weighted by molar-refractivity contribution is -0.137. The first kappa shape index (κ1) is 15.7. The lowest BCUT2D eigenvalue weighted by Gasteiger charge is -2.19. The minimum atomic E-state index is -4.56. The van der Waals surface area contributed by atoms with Gasteiger partial charge in [-0.15, -0.1) is 0 Å². The van der Waals surface area contributed by atoms with E-state index >= 15 is 0 Å². The fourth-order valence-corrected chi connectivity index (χ4v) is 1.47. The first-order valence-electron chi connectivity index (χ1n) is 5.88. The summed E-state index contributed by atoms with van der Waals surface area (Å²) in [4.78, 5) is 0. The van der Waals surface area contributed by atoms with E-state index in [1.54, 1.807) is 6.08 Å². The van der Waals surface area contributed by atoms with Crippen molar-refractivity contribution in [1.29, 1.82) is 0 Å². The van der Waals surface area contributed by atoms with Gasteiger partial charge in [0.2, 0.25) is 0 Å². The summed E-state index contributed by atoms with van der Waals surface area (Å²) in [6.45, 7) is 6.32. The summed E-state index contributed by atoms with van der Waals surface area (Å²) in [6, 6.07) is 2.66. The Morgan fingerprint density at radius 2 is 1.79 bits per heavy atom. The van der Waals surface area contributed by atoms with Crippen molar-refractivity contribution in [2.75, 3.05) is 6.54 Å². The van der Waals surface area contributed by atoms with Crippen LogP contribution in [-0.4, -0.2) is 12.1 Å². The van der Waals surface area contributed by atoms with Gasteiger partial charge in [0.1, 0.15) is 5.82 Å². The summed E-state index contributed by atoms with van der Waals surface area (Å²) in [5, 5.41) is 3.12. The number of halogens is 4. The third-order valence-electron chi connectivity index (χ3n) is 2.37. The van der Waals surface area contributed by atoms with Gasteiger partial charge in [-0.25, -0.2) is 4.39 Å². The Bertz CT molecular complexity index is 455. The van der Waals surface area contributed by atoms with E-state index in [-0.39, 0.29) is 11.1 Å². The molecule has 1 aromatic carbocycles. The molecule has 0 heterocycles. The molecule has 106 valence electrons. The largest absolute Gasteiger partial charge is 0.417 e. The van der Waals surface area contributed by atoms with Crippen molar-refractivity contribution in [1.82, 2.24) is 5.32 Å². The van der Waals surface area contributed by atoms with E-state index in [1.165, 1.54) is 6.08 Å². The smallest absolute Gasteiger partial charge is 0.309 e. The number of nitrogens with one attached hydrogen (secondary N) is 1. The molecular formula is C14H17F4N. The van der Waals surface area contributed by atoms with Gasteiger partial charge in [-0.05, 0) is 38.5 Å². The van der Waals surface area contributed by atoms with E-state index in [2.05, 4.69) is 5.32 Å². The quantitative estimate of drug-likeness (QED) is 0.813. The molecule has 1 N–H and O–H groups in total. The molecule has 0 aromatic heterocycles. The highest BCUT2D eigenvalue weighted by atomic mass is 19.4. The topological polar surface area (TPSA) is 12.0 Å². The van der Waals surface area contributed by atoms with Crippen LogP contribution in [-0.2, 0) is 6.18 Å². The second kappa shape index (κ2) is 5.74. The van der Waals surface area contributed by atoms with Crippen LogP contribution in [0.3, 0.4) is 0 Å². The van der Waals surface area contributed by atoms with Gasteiger partial charge in [0.05, 0.1) is 5.56 Å². The molecule has 1 rings (SSSR count). The monoisotopic (exact) mass is 275 g/mol. The third-order valence-corrected chi connectivity index (χ3v) is 2.37. The molecule has 0 aliphatic carbocycles. The highest BCUT2D eigenvalue weighted by molar-refractivity contribution is 5.55. The lowest BCUT2D eigenvalue weighted by atomic mass is 10.1. The van der Waals surface area contributed by atoms with Crippen molar-refractivity contribution in [3.05, 3.63) is 41.2 Å². The van der Waals surface area contributed by atoms with E-state index in [0.29, 0.717) is 12.6 Å². The summed E-state index contributed by atoms with van der Waals surface area (Å²) in [5.74, 6) is -0.891. The van der Waals surface area contributed by atoms with Gasteiger partial charge in [-0.2, -0.15) is 13.2 Å². The van der Waals surface area contributed by atoms with Gasteiger partial charge in [-0.3, -0.25) is 0 Å². The molecule has 0 radical (unpaired) electrons. The van der Waals surface area contributed by atoms with Crippen molar-refractivity contribution >= 4 is 6.08 Å². The second-order valence-corrected chi connectivity index (χ2v) is 5.26. The fourth-order valence-electron chi connectivity index (χ4n) is 1.47. The normalized spacial score (nSPS) is 13.2. The molecule has 0 saturated carbocycles. The van der Waals surface area contributed by atoms with Crippen LogP contribution < -0.4 is 5.32 Å². The first-order valence-corrected chi connectivity index (χ1v) is 5.88. The molecule has 0 unspecified atom stereocenters.